The number of hydrogen-bond donors (Lipinski definition) is 0. The van der Waals surface area contributed by atoms with E-state index >= 15 is 0 Å². The molecule has 0 N–H and O–H groups in total. The van der Waals surface area contributed by atoms with Gasteiger partial charge >= 0.3 is 0 Å². The third kappa shape index (κ3) is 3.54. The molecule has 0 radical (unpaired) electrons. The molecule has 0 saturated carbocycles. The molecule has 2 atom stereocenters. The Morgan fingerprint density at radius 2 is 2.00 bits per heavy atom. The molecule has 31 heavy (non-hydrogen) atoms. The van der Waals surface area contributed by atoms with Crippen molar-refractivity contribution in [1.29, 1.82) is 0 Å². The van der Waals surface area contributed by atoms with Gasteiger partial charge in [0.05, 0.1) is 5.56 Å². The molecule has 0 spiro atoms. The van der Waals surface area contributed by atoms with Gasteiger partial charge < -0.3 is 18.8 Å². The molecule has 1 amide bonds. The number of nitrogens with zero attached hydrogens (tertiary/aromatic N) is 4. The van der Waals surface area contributed by atoms with Gasteiger partial charge in [-0.2, -0.15) is 0 Å². The first kappa shape index (κ1) is 19.6. The summed E-state index contributed by atoms with van der Waals surface area (Å²) < 4.78 is 9.54. The summed E-state index contributed by atoms with van der Waals surface area (Å²) in [7, 11) is 1.89. The van der Waals surface area contributed by atoms with Crippen LogP contribution in [0.15, 0.2) is 53.6 Å². The number of carbonyl (C=O) groups excluding carboxylic acids is 1. The Balaban J connectivity index is 1.34. The third-order valence-electron chi connectivity index (χ3n) is 6.46. The Bertz CT molecular complexity index is 1200. The van der Waals surface area contributed by atoms with Gasteiger partial charge in [0.25, 0.3) is 11.5 Å². The van der Waals surface area contributed by atoms with Crippen molar-refractivity contribution in [3.05, 3.63) is 70.4 Å². The summed E-state index contributed by atoms with van der Waals surface area (Å²) in [6, 6.07) is 11.6. The number of fused-ring (bicyclic) bond motifs is 4. The van der Waals surface area contributed by atoms with E-state index in [9.17, 15) is 9.59 Å². The third-order valence-corrected chi connectivity index (χ3v) is 6.46. The van der Waals surface area contributed by atoms with Crippen LogP contribution in [0.2, 0.25) is 0 Å². The minimum atomic E-state index is -0.00150. The molecular weight excluding hydrogens is 392 g/mol. The van der Waals surface area contributed by atoms with Crippen LogP contribution in [-0.2, 0) is 18.4 Å². The minimum absolute atomic E-state index is 0.00150. The van der Waals surface area contributed by atoms with E-state index in [1.807, 2.05) is 70.6 Å². The Hall–Kier alpha value is -3.35. The molecule has 2 aliphatic heterocycles. The monoisotopic (exact) mass is 418 g/mol. The number of benzene rings is 1. The number of carbonyl (C=O) groups is 1. The number of para-hydroxylation sites is 1. The second-order valence-electron chi connectivity index (χ2n) is 8.60. The van der Waals surface area contributed by atoms with E-state index in [2.05, 4.69) is 4.98 Å². The van der Waals surface area contributed by atoms with E-state index in [0.717, 1.165) is 23.4 Å². The SMILES string of the molecule is Cc1ccccc1OCC(=O)N1C[C@@H]2C[C@H](C1)c1ccc(-c3nccn3C)c(=O)n1C2. The fraction of sp³-hybridized carbons (Fsp3) is 0.375. The molecule has 3 aromatic rings. The summed E-state index contributed by atoms with van der Waals surface area (Å²) in [5.41, 5.74) is 2.65. The van der Waals surface area contributed by atoms with Gasteiger partial charge in [-0.1, -0.05) is 18.2 Å². The summed E-state index contributed by atoms with van der Waals surface area (Å²) in [5.74, 6) is 1.85. The van der Waals surface area contributed by atoms with Crippen molar-refractivity contribution in [3.63, 3.8) is 0 Å². The van der Waals surface area contributed by atoms with Gasteiger partial charge in [-0.05, 0) is 43.0 Å². The molecule has 7 nitrogen and oxygen atoms in total. The quantitative estimate of drug-likeness (QED) is 0.653. The van der Waals surface area contributed by atoms with Gasteiger partial charge in [0.1, 0.15) is 11.6 Å². The minimum Gasteiger partial charge on any atom is -0.484 e. The summed E-state index contributed by atoms with van der Waals surface area (Å²) in [6.07, 6.45) is 4.55. The maximum atomic E-state index is 13.2. The molecule has 0 unspecified atom stereocenters. The Labute approximate surface area is 180 Å². The zero-order valence-electron chi connectivity index (χ0n) is 17.8. The number of rotatable bonds is 4. The van der Waals surface area contributed by atoms with Crippen molar-refractivity contribution < 1.29 is 9.53 Å². The normalized spacial score (nSPS) is 19.7. The lowest BCUT2D eigenvalue weighted by molar-refractivity contribution is -0.136. The molecular formula is C24H26N4O3. The molecule has 2 aromatic heterocycles. The van der Waals surface area contributed by atoms with E-state index in [4.69, 9.17) is 4.74 Å². The van der Waals surface area contributed by atoms with Crippen molar-refractivity contribution >= 4 is 5.91 Å². The molecule has 0 aliphatic carbocycles. The van der Waals surface area contributed by atoms with Crippen LogP contribution in [-0.4, -0.2) is 44.6 Å². The van der Waals surface area contributed by atoms with Crippen molar-refractivity contribution in [2.24, 2.45) is 13.0 Å². The first-order valence-corrected chi connectivity index (χ1v) is 10.7. The number of ether oxygens (including phenoxy) is 1. The lowest BCUT2D eigenvalue weighted by Crippen LogP contribution is -2.50. The highest BCUT2D eigenvalue weighted by Crippen LogP contribution is 2.35. The number of likely N-dealkylation sites (tertiary alicyclic amines) is 1. The summed E-state index contributed by atoms with van der Waals surface area (Å²) in [4.78, 5) is 32.3. The average Bonchev–Trinajstić information content (AvgIpc) is 3.19. The van der Waals surface area contributed by atoms with E-state index in [1.54, 1.807) is 6.20 Å². The van der Waals surface area contributed by atoms with Crippen molar-refractivity contribution in [2.45, 2.75) is 25.8 Å². The molecule has 160 valence electrons. The smallest absolute Gasteiger partial charge is 0.261 e. The number of pyridine rings is 1. The van der Waals surface area contributed by atoms with E-state index in [-0.39, 0.29) is 29.9 Å². The van der Waals surface area contributed by atoms with Crippen LogP contribution in [0.4, 0.5) is 0 Å². The number of piperidine rings is 1. The Morgan fingerprint density at radius 1 is 1.16 bits per heavy atom. The largest absolute Gasteiger partial charge is 0.484 e. The topological polar surface area (TPSA) is 69.4 Å². The van der Waals surface area contributed by atoms with Crippen molar-refractivity contribution in [1.82, 2.24) is 19.0 Å². The number of imidazole rings is 1. The maximum absolute atomic E-state index is 13.2. The Morgan fingerprint density at radius 3 is 2.77 bits per heavy atom. The van der Waals surface area contributed by atoms with Crippen molar-refractivity contribution in [2.75, 3.05) is 19.7 Å². The summed E-state index contributed by atoms with van der Waals surface area (Å²) in [5, 5.41) is 0. The predicted octanol–water partition coefficient (Wildman–Crippen LogP) is 2.58. The van der Waals surface area contributed by atoms with E-state index in [0.29, 0.717) is 31.0 Å². The van der Waals surface area contributed by atoms with Crippen LogP contribution in [0.3, 0.4) is 0 Å². The van der Waals surface area contributed by atoms with E-state index in [1.165, 1.54) is 0 Å². The molecule has 1 aromatic carbocycles. The van der Waals surface area contributed by atoms with E-state index < -0.39 is 0 Å². The lowest BCUT2D eigenvalue weighted by Gasteiger charge is -2.42. The van der Waals surface area contributed by atoms with Gasteiger partial charge in [0.2, 0.25) is 0 Å². The molecule has 1 saturated heterocycles. The Kier molecular flexibility index (Phi) is 4.88. The highest BCUT2D eigenvalue weighted by Gasteiger charge is 2.37. The number of hydrogen-bond acceptors (Lipinski definition) is 4. The summed E-state index contributed by atoms with van der Waals surface area (Å²) >= 11 is 0. The summed E-state index contributed by atoms with van der Waals surface area (Å²) in [6.45, 7) is 3.91. The predicted molar refractivity (Wildman–Crippen MR) is 117 cm³/mol. The molecule has 7 heteroatoms. The van der Waals surface area contributed by atoms with Crippen molar-refractivity contribution in [3.8, 4) is 17.1 Å². The second-order valence-corrected chi connectivity index (χ2v) is 8.60. The first-order chi connectivity index (χ1) is 15.0. The second kappa shape index (κ2) is 7.72. The lowest BCUT2D eigenvalue weighted by atomic mass is 9.83. The van der Waals surface area contributed by atoms with Gasteiger partial charge in [-0.3, -0.25) is 9.59 Å². The highest BCUT2D eigenvalue weighted by molar-refractivity contribution is 5.78. The molecule has 1 fully saturated rings. The molecule has 5 rings (SSSR count). The van der Waals surface area contributed by atoms with Crippen LogP contribution in [0.1, 0.15) is 23.6 Å². The number of aromatic nitrogens is 3. The van der Waals surface area contributed by atoms with Crippen LogP contribution in [0.5, 0.6) is 5.75 Å². The average molecular weight is 418 g/mol. The highest BCUT2D eigenvalue weighted by atomic mass is 16.5. The zero-order valence-corrected chi connectivity index (χ0v) is 17.8. The van der Waals surface area contributed by atoms with Gasteiger partial charge in [0.15, 0.2) is 6.61 Å². The first-order valence-electron chi connectivity index (χ1n) is 10.7. The van der Waals surface area contributed by atoms with Gasteiger partial charge in [-0.15, -0.1) is 0 Å². The maximum Gasteiger partial charge on any atom is 0.261 e. The van der Waals surface area contributed by atoms with Gasteiger partial charge in [-0.25, -0.2) is 4.98 Å². The van der Waals surface area contributed by atoms with Crippen LogP contribution < -0.4 is 10.3 Å². The van der Waals surface area contributed by atoms with Gasteiger partial charge in [0, 0.05) is 50.7 Å². The molecule has 2 bridgehead atoms. The number of amides is 1. The fourth-order valence-electron chi connectivity index (χ4n) is 4.89. The molecule has 2 aliphatic rings. The van der Waals surface area contributed by atoms with Crippen LogP contribution >= 0.6 is 0 Å². The zero-order chi connectivity index (χ0) is 21.5. The van der Waals surface area contributed by atoms with Crippen LogP contribution in [0, 0.1) is 12.8 Å². The van der Waals surface area contributed by atoms with Crippen LogP contribution in [0.25, 0.3) is 11.4 Å². The molecule has 4 heterocycles. The fourth-order valence-corrected chi connectivity index (χ4v) is 4.89. The number of aryl methyl sites for hydroxylation is 2. The standard InChI is InChI=1S/C24H26N4O3/c1-16-5-3-4-6-21(16)31-15-22(29)27-12-17-11-18(14-27)20-8-7-19(24(30)28(20)13-17)23-25-9-10-26(23)2/h3-10,17-18H,11-15H2,1-2H3/t17-,18+/m0/s1.